The molecule has 1 N–H and O–H groups in total. The van der Waals surface area contributed by atoms with Crippen molar-refractivity contribution in [2.45, 2.75) is 19.8 Å². The minimum Gasteiger partial charge on any atom is -0.507 e. The number of aromatic hydroxyl groups is 1. The number of hydrogen-bond donors (Lipinski definition) is 1. The third-order valence-corrected chi connectivity index (χ3v) is 3.37. The molecule has 126 valence electrons. The van der Waals surface area contributed by atoms with E-state index in [1.165, 1.54) is 0 Å². The van der Waals surface area contributed by atoms with Gasteiger partial charge in [-0.2, -0.15) is 0 Å². The first-order chi connectivity index (χ1) is 11.7. The Morgan fingerprint density at radius 2 is 1.75 bits per heavy atom. The van der Waals surface area contributed by atoms with Crippen molar-refractivity contribution >= 4 is 17.8 Å². The van der Waals surface area contributed by atoms with Crippen LogP contribution in [0.2, 0.25) is 0 Å². The summed E-state index contributed by atoms with van der Waals surface area (Å²) >= 11 is 0. The fourth-order valence-corrected chi connectivity index (χ4v) is 2.19. The highest BCUT2D eigenvalue weighted by Crippen LogP contribution is 2.24. The van der Waals surface area contributed by atoms with Gasteiger partial charge in [-0.05, 0) is 25.5 Å². The molecule has 0 radical (unpaired) electrons. The summed E-state index contributed by atoms with van der Waals surface area (Å²) in [6.07, 6.45) is 2.70. The zero-order valence-electron chi connectivity index (χ0n) is 13.8. The number of hydrogen-bond acceptors (Lipinski definition) is 4. The molecule has 2 rings (SSSR count). The zero-order chi connectivity index (χ0) is 17.2. The molecule has 24 heavy (non-hydrogen) atoms. The molecule has 2 aromatic carbocycles. The number of benzene rings is 2. The molecule has 0 amide bonds. The van der Waals surface area contributed by atoms with E-state index in [9.17, 15) is 9.90 Å². The Labute approximate surface area is 142 Å². The highest BCUT2D eigenvalue weighted by Gasteiger charge is 2.07. The van der Waals surface area contributed by atoms with Crippen LogP contribution in [0, 0.1) is 0 Å². The molecular formula is C20H22O4. The molecule has 0 saturated carbocycles. The normalized spacial score (nSPS) is 11.1. The summed E-state index contributed by atoms with van der Waals surface area (Å²) in [5, 5.41) is 9.95. The van der Waals surface area contributed by atoms with E-state index in [0.29, 0.717) is 37.4 Å². The van der Waals surface area contributed by atoms with Crippen molar-refractivity contribution < 1.29 is 19.4 Å². The van der Waals surface area contributed by atoms with Crippen molar-refractivity contribution in [1.29, 1.82) is 0 Å². The summed E-state index contributed by atoms with van der Waals surface area (Å²) in [7, 11) is 0. The van der Waals surface area contributed by atoms with Gasteiger partial charge in [0.1, 0.15) is 11.5 Å². The Morgan fingerprint density at radius 1 is 1.04 bits per heavy atom. The van der Waals surface area contributed by atoms with E-state index in [2.05, 4.69) is 0 Å². The molecule has 2 aromatic rings. The van der Waals surface area contributed by atoms with Crippen molar-refractivity contribution in [3.8, 4) is 5.75 Å². The molecule has 0 aromatic heterocycles. The molecular weight excluding hydrogens is 304 g/mol. The fraction of sp³-hybridized carbons (Fsp3) is 0.250. The van der Waals surface area contributed by atoms with Crippen molar-refractivity contribution in [2.75, 3.05) is 13.2 Å². The molecule has 0 aliphatic rings. The summed E-state index contributed by atoms with van der Waals surface area (Å²) in [6, 6.07) is 16.8. The lowest BCUT2D eigenvalue weighted by molar-refractivity contribution is -0.143. The number of para-hydroxylation sites is 1. The number of ether oxygens (including phenoxy) is 2. The molecule has 4 nitrogen and oxygen atoms in total. The van der Waals surface area contributed by atoms with Crippen LogP contribution in [0.3, 0.4) is 0 Å². The van der Waals surface area contributed by atoms with Crippen LogP contribution in [0.5, 0.6) is 5.75 Å². The maximum atomic E-state index is 11.4. The van der Waals surface area contributed by atoms with Crippen molar-refractivity contribution in [1.82, 2.24) is 0 Å². The van der Waals surface area contributed by atoms with Crippen LogP contribution in [0.4, 0.5) is 0 Å². The van der Waals surface area contributed by atoms with Gasteiger partial charge in [-0.3, -0.25) is 4.79 Å². The largest absolute Gasteiger partial charge is 0.507 e. The van der Waals surface area contributed by atoms with Crippen LogP contribution >= 0.6 is 0 Å². The molecule has 4 heteroatoms. The van der Waals surface area contributed by atoms with Crippen LogP contribution < -0.4 is 0 Å². The topological polar surface area (TPSA) is 55.8 Å². The highest BCUT2D eigenvalue weighted by molar-refractivity contribution is 5.79. The molecule has 0 unspecified atom stereocenters. The average Bonchev–Trinajstić information content (AvgIpc) is 2.60. The minimum atomic E-state index is -0.216. The Morgan fingerprint density at radius 3 is 2.46 bits per heavy atom. The van der Waals surface area contributed by atoms with Gasteiger partial charge in [-0.1, -0.05) is 48.5 Å². The average molecular weight is 326 g/mol. The van der Waals surface area contributed by atoms with E-state index < -0.39 is 0 Å². The quantitative estimate of drug-likeness (QED) is 0.341. The monoisotopic (exact) mass is 326 g/mol. The van der Waals surface area contributed by atoms with Gasteiger partial charge in [0.15, 0.2) is 0 Å². The third-order valence-electron chi connectivity index (χ3n) is 3.37. The number of carbonyl (C=O) groups excluding carboxylic acids is 1. The van der Waals surface area contributed by atoms with Gasteiger partial charge < -0.3 is 14.6 Å². The van der Waals surface area contributed by atoms with E-state index in [1.54, 1.807) is 25.1 Å². The van der Waals surface area contributed by atoms with Gasteiger partial charge in [-0.15, -0.1) is 0 Å². The van der Waals surface area contributed by atoms with Crippen LogP contribution in [0.25, 0.3) is 11.8 Å². The highest BCUT2D eigenvalue weighted by atomic mass is 16.5. The van der Waals surface area contributed by atoms with Crippen LogP contribution in [-0.2, 0) is 14.3 Å². The molecule has 0 aliphatic carbocycles. The number of rotatable bonds is 8. The lowest BCUT2D eigenvalue weighted by Gasteiger charge is -2.11. The zero-order valence-corrected chi connectivity index (χ0v) is 13.8. The van der Waals surface area contributed by atoms with Crippen LogP contribution in [0.1, 0.15) is 30.9 Å². The second-order valence-electron chi connectivity index (χ2n) is 5.19. The first-order valence-corrected chi connectivity index (χ1v) is 8.04. The van der Waals surface area contributed by atoms with E-state index in [0.717, 1.165) is 5.56 Å². The predicted molar refractivity (Wildman–Crippen MR) is 94.2 cm³/mol. The molecule has 0 bridgehead atoms. The minimum absolute atomic E-state index is 0.195. The van der Waals surface area contributed by atoms with E-state index >= 15 is 0 Å². The second-order valence-corrected chi connectivity index (χ2v) is 5.19. The molecule has 0 aliphatic heterocycles. The second kappa shape index (κ2) is 9.40. The third kappa shape index (κ3) is 5.47. The SMILES string of the molecule is CCOC(=O)CCCOC(=Cc1ccccc1O)c1ccccc1. The lowest BCUT2D eigenvalue weighted by atomic mass is 10.1. The standard InChI is InChI=1S/C20H22O4/c1-2-23-20(22)13-8-14-24-19(16-9-4-3-5-10-16)15-17-11-6-7-12-18(17)21/h3-7,9-12,15,21H,2,8,13-14H2,1H3. The fourth-order valence-electron chi connectivity index (χ4n) is 2.19. The van der Waals surface area contributed by atoms with Gasteiger partial charge in [0.25, 0.3) is 0 Å². The first kappa shape index (κ1) is 17.6. The van der Waals surface area contributed by atoms with Crippen molar-refractivity contribution in [2.24, 2.45) is 0 Å². The Balaban J connectivity index is 2.07. The number of esters is 1. The van der Waals surface area contributed by atoms with Gasteiger partial charge in [0, 0.05) is 17.5 Å². The van der Waals surface area contributed by atoms with Gasteiger partial charge >= 0.3 is 5.97 Å². The molecule has 0 fully saturated rings. The smallest absolute Gasteiger partial charge is 0.305 e. The Hall–Kier alpha value is -2.75. The summed E-state index contributed by atoms with van der Waals surface area (Å²) in [5.41, 5.74) is 1.60. The van der Waals surface area contributed by atoms with E-state index in [1.807, 2.05) is 42.5 Å². The van der Waals surface area contributed by atoms with Crippen molar-refractivity contribution in [3.05, 3.63) is 65.7 Å². The summed E-state index contributed by atoms with van der Waals surface area (Å²) < 4.78 is 10.8. The van der Waals surface area contributed by atoms with Gasteiger partial charge in [-0.25, -0.2) is 0 Å². The predicted octanol–water partition coefficient (Wildman–Crippen LogP) is 4.25. The summed E-state index contributed by atoms with van der Waals surface area (Å²) in [5.74, 6) is 0.633. The molecule has 0 heterocycles. The lowest BCUT2D eigenvalue weighted by Crippen LogP contribution is -2.05. The molecule has 0 saturated heterocycles. The van der Waals surface area contributed by atoms with Crippen LogP contribution in [0.15, 0.2) is 54.6 Å². The van der Waals surface area contributed by atoms with E-state index in [-0.39, 0.29) is 11.7 Å². The van der Waals surface area contributed by atoms with Crippen molar-refractivity contribution in [3.63, 3.8) is 0 Å². The molecule has 0 atom stereocenters. The first-order valence-electron chi connectivity index (χ1n) is 8.04. The summed E-state index contributed by atoms with van der Waals surface area (Å²) in [4.78, 5) is 11.4. The maximum absolute atomic E-state index is 11.4. The number of carbonyl (C=O) groups is 1. The molecule has 0 spiro atoms. The number of phenols is 1. The Bertz CT molecular complexity index is 677. The van der Waals surface area contributed by atoms with Gasteiger partial charge in [0.2, 0.25) is 0 Å². The van der Waals surface area contributed by atoms with E-state index in [4.69, 9.17) is 9.47 Å². The summed E-state index contributed by atoms with van der Waals surface area (Å²) in [6.45, 7) is 2.58. The number of phenolic OH excluding ortho intramolecular Hbond substituents is 1. The Kier molecular flexibility index (Phi) is 6.90. The van der Waals surface area contributed by atoms with Crippen LogP contribution in [-0.4, -0.2) is 24.3 Å². The van der Waals surface area contributed by atoms with Gasteiger partial charge in [0.05, 0.1) is 13.2 Å². The maximum Gasteiger partial charge on any atom is 0.305 e.